The van der Waals surface area contributed by atoms with Gasteiger partial charge in [0, 0.05) is 6.20 Å². The number of nitrogens with zero attached hydrogens (tertiary/aromatic N) is 2. The second-order valence-electron chi connectivity index (χ2n) is 3.83. The number of Topliss-reactive ketones (excluding diaryl/α,β-unsaturated/α-hetero) is 1. The molecule has 2 rings (SSSR count). The SMILES string of the molecule is C[C@H](c1ccccc1)n1nccc1C(=O)CO. The summed E-state index contributed by atoms with van der Waals surface area (Å²) in [6, 6.07) is 11.4. The van der Waals surface area contributed by atoms with Crippen LogP contribution in [0.15, 0.2) is 42.6 Å². The third-order valence-electron chi connectivity index (χ3n) is 2.75. The molecule has 0 aliphatic rings. The van der Waals surface area contributed by atoms with Crippen LogP contribution in [0.5, 0.6) is 0 Å². The number of carbonyl (C=O) groups is 1. The molecule has 0 saturated carbocycles. The summed E-state index contributed by atoms with van der Waals surface area (Å²) < 4.78 is 1.63. The second-order valence-corrected chi connectivity index (χ2v) is 3.83. The molecule has 1 atom stereocenters. The Balaban J connectivity index is 2.35. The number of carbonyl (C=O) groups excluding carboxylic acids is 1. The summed E-state index contributed by atoms with van der Waals surface area (Å²) in [6.45, 7) is 1.48. The number of hydrogen-bond donors (Lipinski definition) is 1. The van der Waals surface area contributed by atoms with Crippen molar-refractivity contribution >= 4 is 5.78 Å². The minimum atomic E-state index is -0.493. The number of benzene rings is 1. The molecule has 1 heterocycles. The number of rotatable bonds is 4. The van der Waals surface area contributed by atoms with Gasteiger partial charge < -0.3 is 5.11 Å². The summed E-state index contributed by atoms with van der Waals surface area (Å²) in [4.78, 5) is 11.5. The van der Waals surface area contributed by atoms with Gasteiger partial charge in [0.1, 0.15) is 12.3 Å². The molecule has 88 valence electrons. The van der Waals surface area contributed by atoms with E-state index < -0.39 is 6.61 Å². The summed E-state index contributed by atoms with van der Waals surface area (Å²) in [7, 11) is 0. The van der Waals surface area contributed by atoms with E-state index in [0.29, 0.717) is 5.69 Å². The van der Waals surface area contributed by atoms with Crippen molar-refractivity contribution in [1.29, 1.82) is 0 Å². The molecule has 1 aromatic carbocycles. The minimum Gasteiger partial charge on any atom is -0.388 e. The normalized spacial score (nSPS) is 12.4. The summed E-state index contributed by atoms with van der Waals surface area (Å²) in [5.41, 5.74) is 1.51. The number of aliphatic hydroxyl groups excluding tert-OH is 1. The maximum absolute atomic E-state index is 11.5. The van der Waals surface area contributed by atoms with Crippen molar-refractivity contribution in [1.82, 2.24) is 9.78 Å². The fraction of sp³-hybridized carbons (Fsp3) is 0.231. The lowest BCUT2D eigenvalue weighted by atomic mass is 10.1. The Labute approximate surface area is 99.5 Å². The highest BCUT2D eigenvalue weighted by Gasteiger charge is 2.16. The van der Waals surface area contributed by atoms with E-state index in [1.54, 1.807) is 16.9 Å². The highest BCUT2D eigenvalue weighted by atomic mass is 16.3. The molecule has 0 aliphatic carbocycles. The van der Waals surface area contributed by atoms with Crippen LogP contribution < -0.4 is 0 Å². The van der Waals surface area contributed by atoms with E-state index in [1.165, 1.54) is 0 Å². The van der Waals surface area contributed by atoms with Gasteiger partial charge in [-0.3, -0.25) is 9.48 Å². The zero-order valence-corrected chi connectivity index (χ0v) is 9.58. The topological polar surface area (TPSA) is 55.1 Å². The van der Waals surface area contributed by atoms with E-state index in [-0.39, 0.29) is 11.8 Å². The van der Waals surface area contributed by atoms with Crippen molar-refractivity contribution in [3.63, 3.8) is 0 Å². The van der Waals surface area contributed by atoms with Crippen LogP contribution in [-0.4, -0.2) is 27.3 Å². The molecule has 0 unspecified atom stereocenters. The van der Waals surface area contributed by atoms with Gasteiger partial charge in [0.15, 0.2) is 0 Å². The van der Waals surface area contributed by atoms with Gasteiger partial charge in [-0.1, -0.05) is 30.3 Å². The van der Waals surface area contributed by atoms with Crippen molar-refractivity contribution in [2.24, 2.45) is 0 Å². The van der Waals surface area contributed by atoms with Crippen LogP contribution in [0.3, 0.4) is 0 Å². The highest BCUT2D eigenvalue weighted by molar-refractivity contribution is 5.95. The molecule has 0 saturated heterocycles. The molecule has 0 bridgehead atoms. The standard InChI is InChI=1S/C13H14N2O2/c1-10(11-5-3-2-4-6-11)15-12(7-8-14-15)13(17)9-16/h2-8,10,16H,9H2,1H3/t10-/m1/s1. The van der Waals surface area contributed by atoms with E-state index in [4.69, 9.17) is 5.11 Å². The van der Waals surface area contributed by atoms with Gasteiger partial charge >= 0.3 is 0 Å². The average Bonchev–Trinajstić information content (AvgIpc) is 2.87. The van der Waals surface area contributed by atoms with Crippen molar-refractivity contribution in [3.8, 4) is 0 Å². The van der Waals surface area contributed by atoms with Gasteiger partial charge in [0.2, 0.25) is 5.78 Å². The molecule has 0 fully saturated rings. The van der Waals surface area contributed by atoms with E-state index in [1.807, 2.05) is 37.3 Å². The van der Waals surface area contributed by atoms with Gasteiger partial charge in [-0.2, -0.15) is 5.10 Å². The zero-order valence-electron chi connectivity index (χ0n) is 9.58. The van der Waals surface area contributed by atoms with Crippen molar-refractivity contribution < 1.29 is 9.90 Å². The number of aliphatic hydroxyl groups is 1. The Bertz CT molecular complexity index is 505. The molecular weight excluding hydrogens is 216 g/mol. The quantitative estimate of drug-likeness (QED) is 0.813. The molecule has 0 aliphatic heterocycles. The molecule has 4 heteroatoms. The van der Waals surface area contributed by atoms with Crippen molar-refractivity contribution in [2.45, 2.75) is 13.0 Å². The highest BCUT2D eigenvalue weighted by Crippen LogP contribution is 2.18. The predicted octanol–water partition coefficient (Wildman–Crippen LogP) is 1.67. The Hall–Kier alpha value is -1.94. The lowest BCUT2D eigenvalue weighted by molar-refractivity contribution is 0.0891. The maximum atomic E-state index is 11.5. The predicted molar refractivity (Wildman–Crippen MR) is 63.9 cm³/mol. The van der Waals surface area contributed by atoms with Crippen molar-refractivity contribution in [2.75, 3.05) is 6.61 Å². The third-order valence-corrected chi connectivity index (χ3v) is 2.75. The largest absolute Gasteiger partial charge is 0.388 e. The summed E-state index contributed by atoms with van der Waals surface area (Å²) in [6.07, 6.45) is 1.57. The van der Waals surface area contributed by atoms with Crippen LogP contribution in [0, 0.1) is 0 Å². The average molecular weight is 230 g/mol. The molecule has 17 heavy (non-hydrogen) atoms. The Kier molecular flexibility index (Phi) is 3.35. The number of ketones is 1. The Morgan fingerprint density at radius 2 is 2.06 bits per heavy atom. The zero-order chi connectivity index (χ0) is 12.3. The van der Waals surface area contributed by atoms with Crippen LogP contribution in [0.1, 0.15) is 29.0 Å². The van der Waals surface area contributed by atoms with Crippen LogP contribution in [0.2, 0.25) is 0 Å². The lowest BCUT2D eigenvalue weighted by Crippen LogP contribution is -2.17. The van der Waals surface area contributed by atoms with Gasteiger partial charge in [-0.15, -0.1) is 0 Å². The van der Waals surface area contributed by atoms with Gasteiger partial charge in [0.25, 0.3) is 0 Å². The van der Waals surface area contributed by atoms with E-state index in [0.717, 1.165) is 5.56 Å². The Morgan fingerprint density at radius 1 is 1.35 bits per heavy atom. The summed E-state index contributed by atoms with van der Waals surface area (Å²) >= 11 is 0. The fourth-order valence-corrected chi connectivity index (χ4v) is 1.80. The molecule has 0 amide bonds. The first-order valence-corrected chi connectivity index (χ1v) is 5.46. The fourth-order valence-electron chi connectivity index (χ4n) is 1.80. The van der Waals surface area contributed by atoms with Crippen molar-refractivity contribution in [3.05, 3.63) is 53.9 Å². The van der Waals surface area contributed by atoms with E-state index >= 15 is 0 Å². The molecule has 0 spiro atoms. The maximum Gasteiger partial charge on any atom is 0.206 e. The van der Waals surface area contributed by atoms with Crippen LogP contribution >= 0.6 is 0 Å². The first-order valence-electron chi connectivity index (χ1n) is 5.46. The third kappa shape index (κ3) is 2.26. The van der Waals surface area contributed by atoms with E-state index in [2.05, 4.69) is 5.10 Å². The van der Waals surface area contributed by atoms with Crippen LogP contribution in [0.25, 0.3) is 0 Å². The number of hydrogen-bond acceptors (Lipinski definition) is 3. The van der Waals surface area contributed by atoms with Crippen LogP contribution in [-0.2, 0) is 0 Å². The summed E-state index contributed by atoms with van der Waals surface area (Å²) in [5.74, 6) is -0.315. The molecule has 2 aromatic rings. The molecular formula is C13H14N2O2. The van der Waals surface area contributed by atoms with Crippen LogP contribution in [0.4, 0.5) is 0 Å². The van der Waals surface area contributed by atoms with Gasteiger partial charge in [-0.25, -0.2) is 0 Å². The number of aromatic nitrogens is 2. The smallest absolute Gasteiger partial charge is 0.206 e. The van der Waals surface area contributed by atoms with E-state index in [9.17, 15) is 4.79 Å². The lowest BCUT2D eigenvalue weighted by Gasteiger charge is -2.15. The van der Waals surface area contributed by atoms with Gasteiger partial charge in [-0.05, 0) is 18.6 Å². The first-order chi connectivity index (χ1) is 8.24. The second kappa shape index (κ2) is 4.93. The molecule has 4 nitrogen and oxygen atoms in total. The first kappa shape index (κ1) is 11.5. The Morgan fingerprint density at radius 3 is 2.71 bits per heavy atom. The minimum absolute atomic E-state index is 0.0308. The summed E-state index contributed by atoms with van der Waals surface area (Å²) in [5, 5.41) is 13.0. The van der Waals surface area contributed by atoms with Gasteiger partial charge in [0.05, 0.1) is 6.04 Å². The molecule has 1 aromatic heterocycles. The molecule has 1 N–H and O–H groups in total. The molecule has 0 radical (unpaired) electrons. The monoisotopic (exact) mass is 230 g/mol.